The van der Waals surface area contributed by atoms with Crippen molar-refractivity contribution in [3.8, 4) is 5.75 Å². The predicted octanol–water partition coefficient (Wildman–Crippen LogP) is 2.23. The highest BCUT2D eigenvalue weighted by atomic mass is 16.5. The number of ether oxygens (including phenoxy) is 1. The predicted molar refractivity (Wildman–Crippen MR) is 87.0 cm³/mol. The highest BCUT2D eigenvalue weighted by molar-refractivity contribution is 5.81. The van der Waals surface area contributed by atoms with Gasteiger partial charge in [0, 0.05) is 31.6 Å². The van der Waals surface area contributed by atoms with Gasteiger partial charge in [-0.2, -0.15) is 0 Å². The highest BCUT2D eigenvalue weighted by Gasteiger charge is 2.31. The van der Waals surface area contributed by atoms with E-state index in [1.54, 1.807) is 7.11 Å². The molecule has 1 aliphatic carbocycles. The quantitative estimate of drug-likeness (QED) is 0.876. The van der Waals surface area contributed by atoms with Crippen LogP contribution in [0.4, 0.5) is 0 Å². The van der Waals surface area contributed by atoms with E-state index < -0.39 is 0 Å². The van der Waals surface area contributed by atoms with Crippen molar-refractivity contribution in [1.29, 1.82) is 0 Å². The van der Waals surface area contributed by atoms with Gasteiger partial charge in [0.2, 0.25) is 5.91 Å². The Morgan fingerprint density at radius 3 is 2.45 bits per heavy atom. The Labute approximate surface area is 132 Å². The lowest BCUT2D eigenvalue weighted by molar-refractivity contribution is -0.123. The third-order valence-corrected chi connectivity index (χ3v) is 4.76. The van der Waals surface area contributed by atoms with E-state index in [4.69, 9.17) is 4.74 Å². The first-order valence-electron chi connectivity index (χ1n) is 8.40. The fourth-order valence-corrected chi connectivity index (χ4v) is 3.04. The SMILES string of the molecule is COc1ccc(CCN2CCC(NC(=O)C3CC3)CC2)cc1. The second-order valence-corrected chi connectivity index (χ2v) is 6.50. The Bertz CT molecular complexity index is 488. The van der Waals surface area contributed by atoms with Gasteiger partial charge in [0.1, 0.15) is 5.75 Å². The lowest BCUT2D eigenvalue weighted by atomic mass is 10.0. The number of rotatable bonds is 6. The average Bonchev–Trinajstić information content (AvgIpc) is 3.40. The van der Waals surface area contributed by atoms with Crippen molar-refractivity contribution in [2.45, 2.75) is 38.1 Å². The molecule has 22 heavy (non-hydrogen) atoms. The smallest absolute Gasteiger partial charge is 0.223 e. The molecule has 2 aliphatic rings. The van der Waals surface area contributed by atoms with Crippen LogP contribution in [0.1, 0.15) is 31.2 Å². The minimum atomic E-state index is 0.289. The molecule has 1 saturated heterocycles. The van der Waals surface area contributed by atoms with Gasteiger partial charge in [-0.1, -0.05) is 12.1 Å². The van der Waals surface area contributed by atoms with Crippen LogP contribution in [0.3, 0.4) is 0 Å². The van der Waals surface area contributed by atoms with E-state index in [9.17, 15) is 4.79 Å². The second-order valence-electron chi connectivity index (χ2n) is 6.50. The fourth-order valence-electron chi connectivity index (χ4n) is 3.04. The second kappa shape index (κ2) is 7.14. The summed E-state index contributed by atoms with van der Waals surface area (Å²) in [6, 6.07) is 8.72. The molecule has 4 heteroatoms. The van der Waals surface area contributed by atoms with Gasteiger partial charge in [0.25, 0.3) is 0 Å². The molecule has 0 unspecified atom stereocenters. The van der Waals surface area contributed by atoms with Crippen LogP contribution in [-0.2, 0) is 11.2 Å². The third kappa shape index (κ3) is 4.23. The van der Waals surface area contributed by atoms with Crippen LogP contribution < -0.4 is 10.1 Å². The number of nitrogens with zero attached hydrogens (tertiary/aromatic N) is 1. The monoisotopic (exact) mass is 302 g/mol. The van der Waals surface area contributed by atoms with Gasteiger partial charge in [-0.25, -0.2) is 0 Å². The minimum absolute atomic E-state index is 0.289. The zero-order valence-electron chi connectivity index (χ0n) is 13.4. The maximum absolute atomic E-state index is 11.8. The number of benzene rings is 1. The van der Waals surface area contributed by atoms with Crippen molar-refractivity contribution in [3.63, 3.8) is 0 Å². The summed E-state index contributed by atoms with van der Waals surface area (Å²) in [4.78, 5) is 14.3. The van der Waals surface area contributed by atoms with Gasteiger partial charge < -0.3 is 15.0 Å². The van der Waals surface area contributed by atoms with E-state index in [1.165, 1.54) is 5.56 Å². The van der Waals surface area contributed by atoms with Crippen molar-refractivity contribution >= 4 is 5.91 Å². The number of carbonyl (C=O) groups excluding carboxylic acids is 1. The molecule has 0 bridgehead atoms. The first-order valence-corrected chi connectivity index (χ1v) is 8.40. The summed E-state index contributed by atoms with van der Waals surface area (Å²) in [5.41, 5.74) is 1.35. The van der Waals surface area contributed by atoms with Crippen molar-refractivity contribution in [3.05, 3.63) is 29.8 Å². The van der Waals surface area contributed by atoms with Gasteiger partial charge >= 0.3 is 0 Å². The Balaban J connectivity index is 1.37. The summed E-state index contributed by atoms with van der Waals surface area (Å²) >= 11 is 0. The standard InChI is InChI=1S/C18H26N2O2/c1-22-17-6-2-14(3-7-17)8-11-20-12-9-16(10-13-20)19-18(21)15-4-5-15/h2-3,6-7,15-16H,4-5,8-13H2,1H3,(H,19,21). The molecule has 3 rings (SSSR count). The van der Waals surface area contributed by atoms with E-state index >= 15 is 0 Å². The zero-order valence-corrected chi connectivity index (χ0v) is 13.4. The number of hydrogen-bond donors (Lipinski definition) is 1. The Morgan fingerprint density at radius 2 is 1.86 bits per heavy atom. The largest absolute Gasteiger partial charge is 0.497 e. The van der Waals surface area contributed by atoms with E-state index in [0.717, 1.165) is 57.5 Å². The summed E-state index contributed by atoms with van der Waals surface area (Å²) in [5, 5.41) is 3.21. The molecule has 0 atom stereocenters. The number of carbonyl (C=O) groups is 1. The first-order chi connectivity index (χ1) is 10.7. The molecule has 2 fully saturated rings. The van der Waals surface area contributed by atoms with Crippen LogP contribution in [0.25, 0.3) is 0 Å². The van der Waals surface area contributed by atoms with Gasteiger partial charge in [0.05, 0.1) is 7.11 Å². The molecule has 1 saturated carbocycles. The summed E-state index contributed by atoms with van der Waals surface area (Å²) in [5.74, 6) is 1.53. The summed E-state index contributed by atoms with van der Waals surface area (Å²) in [6.45, 7) is 3.27. The van der Waals surface area contributed by atoms with Crippen LogP contribution in [0, 0.1) is 5.92 Å². The maximum Gasteiger partial charge on any atom is 0.223 e. The average molecular weight is 302 g/mol. The maximum atomic E-state index is 11.8. The van der Waals surface area contributed by atoms with Crippen LogP contribution >= 0.6 is 0 Å². The lowest BCUT2D eigenvalue weighted by Crippen LogP contribution is -2.45. The topological polar surface area (TPSA) is 41.6 Å². The summed E-state index contributed by atoms with van der Waals surface area (Å²) in [7, 11) is 1.70. The number of amides is 1. The Kier molecular flexibility index (Phi) is 4.98. The Morgan fingerprint density at radius 1 is 1.18 bits per heavy atom. The molecule has 0 aromatic heterocycles. The number of likely N-dealkylation sites (tertiary alicyclic amines) is 1. The molecule has 1 aromatic rings. The molecule has 1 aromatic carbocycles. The lowest BCUT2D eigenvalue weighted by Gasteiger charge is -2.32. The molecular formula is C18H26N2O2. The summed E-state index contributed by atoms with van der Waals surface area (Å²) in [6.07, 6.45) is 5.42. The normalized spacial score (nSPS) is 19.9. The first kappa shape index (κ1) is 15.3. The van der Waals surface area contributed by atoms with E-state index in [0.29, 0.717) is 12.0 Å². The Hall–Kier alpha value is -1.55. The van der Waals surface area contributed by atoms with Crippen LogP contribution in [0.2, 0.25) is 0 Å². The molecule has 1 aliphatic heterocycles. The van der Waals surface area contributed by atoms with Crippen LogP contribution in [-0.4, -0.2) is 43.6 Å². The van der Waals surface area contributed by atoms with Crippen LogP contribution in [0.15, 0.2) is 24.3 Å². The fraction of sp³-hybridized carbons (Fsp3) is 0.611. The molecule has 120 valence electrons. The van der Waals surface area contributed by atoms with Crippen molar-refractivity contribution in [2.24, 2.45) is 5.92 Å². The molecule has 4 nitrogen and oxygen atoms in total. The molecule has 1 heterocycles. The molecule has 1 N–H and O–H groups in total. The molecule has 0 radical (unpaired) electrons. The zero-order chi connectivity index (χ0) is 15.4. The van der Waals surface area contributed by atoms with Crippen molar-refractivity contribution < 1.29 is 9.53 Å². The third-order valence-electron chi connectivity index (χ3n) is 4.76. The van der Waals surface area contributed by atoms with Crippen molar-refractivity contribution in [1.82, 2.24) is 10.2 Å². The van der Waals surface area contributed by atoms with Gasteiger partial charge in [0.15, 0.2) is 0 Å². The summed E-state index contributed by atoms with van der Waals surface area (Å²) < 4.78 is 5.18. The number of piperidine rings is 1. The molecule has 1 amide bonds. The van der Waals surface area contributed by atoms with E-state index in [2.05, 4.69) is 22.3 Å². The van der Waals surface area contributed by atoms with Crippen LogP contribution in [0.5, 0.6) is 5.75 Å². The van der Waals surface area contributed by atoms with E-state index in [-0.39, 0.29) is 5.91 Å². The number of nitrogens with one attached hydrogen (secondary N) is 1. The highest BCUT2D eigenvalue weighted by Crippen LogP contribution is 2.29. The van der Waals surface area contributed by atoms with Crippen molar-refractivity contribution in [2.75, 3.05) is 26.7 Å². The number of methoxy groups -OCH3 is 1. The van der Waals surface area contributed by atoms with Gasteiger partial charge in [-0.05, 0) is 49.8 Å². The van der Waals surface area contributed by atoms with Gasteiger partial charge in [-0.3, -0.25) is 4.79 Å². The minimum Gasteiger partial charge on any atom is -0.497 e. The number of hydrogen-bond acceptors (Lipinski definition) is 3. The van der Waals surface area contributed by atoms with Gasteiger partial charge in [-0.15, -0.1) is 0 Å². The van der Waals surface area contributed by atoms with E-state index in [1.807, 2.05) is 12.1 Å². The molecular weight excluding hydrogens is 276 g/mol. The molecule has 0 spiro atoms.